The van der Waals surface area contributed by atoms with Crippen molar-refractivity contribution >= 4 is 15.7 Å². The van der Waals surface area contributed by atoms with Gasteiger partial charge in [0, 0.05) is 25.2 Å². The van der Waals surface area contributed by atoms with Gasteiger partial charge in [0.1, 0.15) is 0 Å². The molecule has 1 heterocycles. The summed E-state index contributed by atoms with van der Waals surface area (Å²) in [5.74, 6) is 0.769. The number of nitro groups is 1. The van der Waals surface area contributed by atoms with Gasteiger partial charge in [0.15, 0.2) is 4.90 Å². The van der Waals surface area contributed by atoms with Crippen molar-refractivity contribution in [1.29, 1.82) is 0 Å². The maximum Gasteiger partial charge on any atom is 0.289 e. The minimum atomic E-state index is -3.87. The molecule has 120 valence electrons. The fourth-order valence-corrected chi connectivity index (χ4v) is 4.31. The highest BCUT2D eigenvalue weighted by Gasteiger charge is 2.33. The van der Waals surface area contributed by atoms with Crippen molar-refractivity contribution in [1.82, 2.24) is 9.62 Å². The molecule has 2 fully saturated rings. The van der Waals surface area contributed by atoms with Gasteiger partial charge in [-0.15, -0.1) is 0 Å². The van der Waals surface area contributed by atoms with Crippen molar-refractivity contribution in [3.63, 3.8) is 0 Å². The molecule has 8 heteroatoms. The first-order valence-electron chi connectivity index (χ1n) is 7.44. The lowest BCUT2D eigenvalue weighted by atomic mass is 10.3. The SMILES string of the molecule is O=[N+]([O-])c1ccccc1S(=O)(=O)N[C@@H]1CCN(CC2CC2)C1. The topological polar surface area (TPSA) is 92.5 Å². The van der Waals surface area contributed by atoms with E-state index in [1.165, 1.54) is 37.1 Å². The van der Waals surface area contributed by atoms with Crippen LogP contribution >= 0.6 is 0 Å². The molecule has 3 rings (SSSR count). The molecule has 1 atom stereocenters. The third kappa shape index (κ3) is 3.45. The van der Waals surface area contributed by atoms with Crippen LogP contribution < -0.4 is 4.72 Å². The second-order valence-corrected chi connectivity index (χ2v) is 7.72. The molecule has 0 bridgehead atoms. The number of nitrogens with zero attached hydrogens (tertiary/aromatic N) is 2. The van der Waals surface area contributed by atoms with Gasteiger partial charge in [-0.3, -0.25) is 10.1 Å². The van der Waals surface area contributed by atoms with Crippen LogP contribution in [-0.2, 0) is 10.0 Å². The lowest BCUT2D eigenvalue weighted by Gasteiger charge is -2.16. The van der Waals surface area contributed by atoms with Gasteiger partial charge in [0.2, 0.25) is 10.0 Å². The molecule has 1 aliphatic heterocycles. The second-order valence-electron chi connectivity index (χ2n) is 6.03. The van der Waals surface area contributed by atoms with Gasteiger partial charge in [-0.25, -0.2) is 13.1 Å². The van der Waals surface area contributed by atoms with Crippen LogP contribution in [0.4, 0.5) is 5.69 Å². The van der Waals surface area contributed by atoms with Crippen LogP contribution in [0.1, 0.15) is 19.3 Å². The van der Waals surface area contributed by atoms with E-state index >= 15 is 0 Å². The summed E-state index contributed by atoms with van der Waals surface area (Å²) in [5.41, 5.74) is -0.386. The summed E-state index contributed by atoms with van der Waals surface area (Å²) in [7, 11) is -3.87. The Morgan fingerprint density at radius 2 is 2.00 bits per heavy atom. The summed E-state index contributed by atoms with van der Waals surface area (Å²) in [6.07, 6.45) is 3.28. The predicted octanol–water partition coefficient (Wildman–Crippen LogP) is 1.36. The fraction of sp³-hybridized carbons (Fsp3) is 0.571. The van der Waals surface area contributed by atoms with Crippen molar-refractivity contribution in [2.24, 2.45) is 5.92 Å². The third-order valence-electron chi connectivity index (χ3n) is 4.16. The Kier molecular flexibility index (Phi) is 4.16. The van der Waals surface area contributed by atoms with E-state index in [2.05, 4.69) is 9.62 Å². The Balaban J connectivity index is 1.70. The molecular formula is C14H19N3O4S. The van der Waals surface area contributed by atoms with E-state index in [1.54, 1.807) is 0 Å². The normalized spacial score (nSPS) is 22.8. The highest BCUT2D eigenvalue weighted by molar-refractivity contribution is 7.89. The molecule has 22 heavy (non-hydrogen) atoms. The number of nitrogens with one attached hydrogen (secondary N) is 1. The number of para-hydroxylation sites is 1. The summed E-state index contributed by atoms with van der Waals surface area (Å²) < 4.78 is 27.5. The number of benzene rings is 1. The van der Waals surface area contributed by atoms with E-state index < -0.39 is 14.9 Å². The average Bonchev–Trinajstić information content (AvgIpc) is 3.18. The van der Waals surface area contributed by atoms with E-state index in [0.717, 1.165) is 25.4 Å². The highest BCUT2D eigenvalue weighted by atomic mass is 32.2. The molecule has 0 amide bonds. The summed E-state index contributed by atoms with van der Waals surface area (Å²) in [5, 5.41) is 11.0. The van der Waals surface area contributed by atoms with Crippen LogP contribution in [0.15, 0.2) is 29.2 Å². The van der Waals surface area contributed by atoms with Crippen LogP contribution in [0.3, 0.4) is 0 Å². The minimum Gasteiger partial charge on any atom is -0.301 e. The molecule has 2 aliphatic rings. The van der Waals surface area contributed by atoms with Crippen LogP contribution in [0, 0.1) is 16.0 Å². The van der Waals surface area contributed by atoms with Crippen molar-refractivity contribution < 1.29 is 13.3 Å². The van der Waals surface area contributed by atoms with E-state index in [9.17, 15) is 18.5 Å². The van der Waals surface area contributed by atoms with Crippen molar-refractivity contribution in [3.8, 4) is 0 Å². The van der Waals surface area contributed by atoms with Gasteiger partial charge >= 0.3 is 0 Å². The predicted molar refractivity (Wildman–Crippen MR) is 81.0 cm³/mol. The zero-order valence-corrected chi connectivity index (χ0v) is 13.0. The van der Waals surface area contributed by atoms with Gasteiger partial charge in [0.25, 0.3) is 5.69 Å². The number of hydrogen-bond donors (Lipinski definition) is 1. The number of likely N-dealkylation sites (tertiary alicyclic amines) is 1. The molecule has 0 radical (unpaired) electrons. The maximum atomic E-state index is 12.4. The zero-order valence-electron chi connectivity index (χ0n) is 12.1. The first-order chi connectivity index (χ1) is 10.5. The fourth-order valence-electron chi connectivity index (χ4n) is 2.88. The molecular weight excluding hydrogens is 306 g/mol. The van der Waals surface area contributed by atoms with Crippen molar-refractivity contribution in [2.75, 3.05) is 19.6 Å². The molecule has 0 aromatic heterocycles. The Morgan fingerprint density at radius 1 is 1.27 bits per heavy atom. The number of hydrogen-bond acceptors (Lipinski definition) is 5. The van der Waals surface area contributed by atoms with Crippen LogP contribution in [0.5, 0.6) is 0 Å². The van der Waals surface area contributed by atoms with Crippen molar-refractivity contribution in [3.05, 3.63) is 34.4 Å². The standard InChI is InChI=1S/C14H19N3O4S/c18-17(19)13-3-1-2-4-14(13)22(20,21)15-12-7-8-16(10-12)9-11-5-6-11/h1-4,11-12,15H,5-10H2/t12-/m1/s1. The molecule has 1 N–H and O–H groups in total. The number of rotatable bonds is 6. The number of sulfonamides is 1. The lowest BCUT2D eigenvalue weighted by Crippen LogP contribution is -2.37. The third-order valence-corrected chi connectivity index (χ3v) is 5.73. The second kappa shape index (κ2) is 5.94. The summed E-state index contributed by atoms with van der Waals surface area (Å²) in [4.78, 5) is 12.3. The molecule has 1 aromatic rings. The van der Waals surface area contributed by atoms with Gasteiger partial charge in [-0.1, -0.05) is 12.1 Å². The van der Waals surface area contributed by atoms with E-state index in [-0.39, 0.29) is 16.6 Å². The first-order valence-corrected chi connectivity index (χ1v) is 8.92. The molecule has 1 saturated heterocycles. The van der Waals surface area contributed by atoms with E-state index in [0.29, 0.717) is 6.54 Å². The van der Waals surface area contributed by atoms with Gasteiger partial charge in [0.05, 0.1) is 4.92 Å². The number of nitro benzene ring substituents is 1. The average molecular weight is 325 g/mol. The summed E-state index contributed by atoms with van der Waals surface area (Å²) >= 11 is 0. The maximum absolute atomic E-state index is 12.4. The van der Waals surface area contributed by atoms with Gasteiger partial charge < -0.3 is 4.90 Å². The Labute approximate surface area is 129 Å². The minimum absolute atomic E-state index is 0.177. The highest BCUT2D eigenvalue weighted by Crippen LogP contribution is 2.31. The summed E-state index contributed by atoms with van der Waals surface area (Å²) in [6, 6.07) is 5.27. The largest absolute Gasteiger partial charge is 0.301 e. The Hall–Kier alpha value is -1.51. The van der Waals surface area contributed by atoms with Gasteiger partial charge in [-0.2, -0.15) is 0 Å². The quantitative estimate of drug-likeness (QED) is 0.630. The smallest absolute Gasteiger partial charge is 0.289 e. The van der Waals surface area contributed by atoms with Gasteiger partial charge in [-0.05, 0) is 37.8 Å². The van der Waals surface area contributed by atoms with E-state index in [1.807, 2.05) is 0 Å². The Morgan fingerprint density at radius 3 is 2.68 bits per heavy atom. The van der Waals surface area contributed by atoms with Crippen LogP contribution in [0.25, 0.3) is 0 Å². The van der Waals surface area contributed by atoms with Crippen molar-refractivity contribution in [2.45, 2.75) is 30.2 Å². The van der Waals surface area contributed by atoms with Crippen LogP contribution in [-0.4, -0.2) is 43.9 Å². The molecule has 7 nitrogen and oxygen atoms in total. The first kappa shape index (κ1) is 15.4. The summed E-state index contributed by atoms with van der Waals surface area (Å²) in [6.45, 7) is 2.58. The molecule has 1 aliphatic carbocycles. The monoisotopic (exact) mass is 325 g/mol. The molecule has 0 unspecified atom stereocenters. The Bertz CT molecular complexity index is 672. The zero-order chi connectivity index (χ0) is 15.7. The molecule has 0 spiro atoms. The molecule has 1 aromatic carbocycles. The molecule has 1 saturated carbocycles. The van der Waals surface area contributed by atoms with E-state index in [4.69, 9.17) is 0 Å². The lowest BCUT2D eigenvalue weighted by molar-refractivity contribution is -0.387. The van der Waals surface area contributed by atoms with Crippen LogP contribution in [0.2, 0.25) is 0 Å².